The van der Waals surface area contributed by atoms with Gasteiger partial charge in [0, 0.05) is 43.2 Å². The van der Waals surface area contributed by atoms with E-state index in [1.165, 1.54) is 4.90 Å². The molecule has 2 amide bonds. The number of imide groups is 1. The Bertz CT molecular complexity index is 728. The smallest absolute Gasteiger partial charge is 0.261 e. The summed E-state index contributed by atoms with van der Waals surface area (Å²) in [5.41, 5.74) is 1.04. The SMILES string of the molecule is CCNC(=NCCCCN1C(=O)c2ccccc2C1=O)N1CCSC(C)(C)C1. The van der Waals surface area contributed by atoms with Crippen LogP contribution < -0.4 is 5.32 Å². The standard InChI is InChI=1S/C21H30N4O2S/c1-4-22-20(24-13-14-28-21(2,3)15-24)23-11-7-8-12-25-18(26)16-9-5-6-10-17(16)19(25)27/h5-6,9-10H,4,7-8,11-15H2,1-3H3,(H,22,23). The highest BCUT2D eigenvalue weighted by Crippen LogP contribution is 2.29. The maximum Gasteiger partial charge on any atom is 0.261 e. The molecule has 1 aromatic carbocycles. The van der Waals surface area contributed by atoms with Gasteiger partial charge in [0.15, 0.2) is 5.96 Å². The molecule has 152 valence electrons. The second-order valence-corrected chi connectivity index (χ2v) is 9.58. The van der Waals surface area contributed by atoms with Crippen LogP contribution in [0.15, 0.2) is 29.3 Å². The molecule has 0 unspecified atom stereocenters. The molecule has 6 nitrogen and oxygen atoms in total. The number of thioether (sulfide) groups is 1. The highest BCUT2D eigenvalue weighted by molar-refractivity contribution is 8.00. The molecule has 2 aliphatic heterocycles. The summed E-state index contributed by atoms with van der Waals surface area (Å²) < 4.78 is 0.236. The number of rotatable bonds is 6. The van der Waals surface area contributed by atoms with E-state index in [0.717, 1.165) is 44.2 Å². The number of hydrogen-bond donors (Lipinski definition) is 1. The summed E-state index contributed by atoms with van der Waals surface area (Å²) in [6.07, 6.45) is 1.60. The number of unbranched alkanes of at least 4 members (excludes halogenated alkanes) is 1. The predicted octanol–water partition coefficient (Wildman–Crippen LogP) is 2.86. The molecule has 0 radical (unpaired) electrons. The average Bonchev–Trinajstić information content (AvgIpc) is 2.91. The Labute approximate surface area is 171 Å². The van der Waals surface area contributed by atoms with Gasteiger partial charge in [-0.2, -0.15) is 11.8 Å². The first-order valence-electron chi connectivity index (χ1n) is 10.1. The topological polar surface area (TPSA) is 65.0 Å². The van der Waals surface area contributed by atoms with Crippen molar-refractivity contribution < 1.29 is 9.59 Å². The van der Waals surface area contributed by atoms with Crippen molar-refractivity contribution in [3.8, 4) is 0 Å². The van der Waals surface area contributed by atoms with Crippen molar-refractivity contribution in [3.63, 3.8) is 0 Å². The van der Waals surface area contributed by atoms with Crippen LogP contribution in [-0.2, 0) is 0 Å². The Morgan fingerprint density at radius 2 is 1.86 bits per heavy atom. The fourth-order valence-electron chi connectivity index (χ4n) is 3.63. The zero-order valence-electron chi connectivity index (χ0n) is 17.0. The first kappa shape index (κ1) is 20.7. The molecule has 0 aliphatic carbocycles. The Balaban J connectivity index is 1.50. The van der Waals surface area contributed by atoms with Crippen molar-refractivity contribution in [1.82, 2.24) is 15.1 Å². The quantitative estimate of drug-likeness (QED) is 0.343. The summed E-state index contributed by atoms with van der Waals surface area (Å²) in [5.74, 6) is 1.73. The van der Waals surface area contributed by atoms with Crippen LogP contribution in [0.1, 0.15) is 54.3 Å². The molecule has 1 N–H and O–H groups in total. The Kier molecular flexibility index (Phi) is 6.65. The molecule has 2 aliphatic rings. The van der Waals surface area contributed by atoms with Crippen LogP contribution in [0.25, 0.3) is 0 Å². The number of nitrogens with zero attached hydrogens (tertiary/aromatic N) is 3. The fourth-order valence-corrected chi connectivity index (χ4v) is 4.74. The summed E-state index contributed by atoms with van der Waals surface area (Å²) in [6.45, 7) is 10.6. The highest BCUT2D eigenvalue weighted by atomic mass is 32.2. The van der Waals surface area contributed by atoms with Gasteiger partial charge < -0.3 is 10.2 Å². The minimum atomic E-state index is -0.175. The van der Waals surface area contributed by atoms with E-state index in [2.05, 4.69) is 31.0 Å². The molecule has 28 heavy (non-hydrogen) atoms. The third-order valence-electron chi connectivity index (χ3n) is 4.99. The highest BCUT2D eigenvalue weighted by Gasteiger charge is 2.34. The van der Waals surface area contributed by atoms with E-state index >= 15 is 0 Å². The Hall–Kier alpha value is -2.02. The van der Waals surface area contributed by atoms with E-state index < -0.39 is 0 Å². The number of nitrogens with one attached hydrogen (secondary N) is 1. The Morgan fingerprint density at radius 1 is 1.18 bits per heavy atom. The first-order chi connectivity index (χ1) is 13.4. The number of amides is 2. The van der Waals surface area contributed by atoms with Crippen molar-refractivity contribution in [2.75, 3.05) is 38.5 Å². The van der Waals surface area contributed by atoms with E-state index in [-0.39, 0.29) is 16.6 Å². The number of carbonyl (C=O) groups is 2. The van der Waals surface area contributed by atoms with E-state index in [1.807, 2.05) is 11.8 Å². The van der Waals surface area contributed by atoms with E-state index in [1.54, 1.807) is 24.3 Å². The zero-order chi connectivity index (χ0) is 20.1. The minimum absolute atomic E-state index is 0.175. The van der Waals surface area contributed by atoms with Crippen LogP contribution in [0.3, 0.4) is 0 Å². The lowest BCUT2D eigenvalue weighted by Crippen LogP contribution is -2.51. The molecule has 3 rings (SSSR count). The zero-order valence-corrected chi connectivity index (χ0v) is 17.8. The maximum absolute atomic E-state index is 12.4. The molecule has 0 saturated carbocycles. The Morgan fingerprint density at radius 3 is 2.46 bits per heavy atom. The van der Waals surface area contributed by atoms with Gasteiger partial charge in [-0.05, 0) is 45.7 Å². The summed E-state index contributed by atoms with van der Waals surface area (Å²) in [5, 5.41) is 3.40. The molecular formula is C21H30N4O2S. The van der Waals surface area contributed by atoms with Gasteiger partial charge in [-0.3, -0.25) is 19.5 Å². The van der Waals surface area contributed by atoms with Crippen LogP contribution in [0.4, 0.5) is 0 Å². The minimum Gasteiger partial charge on any atom is -0.357 e. The molecule has 7 heteroatoms. The van der Waals surface area contributed by atoms with Gasteiger partial charge in [0.05, 0.1) is 11.1 Å². The van der Waals surface area contributed by atoms with Crippen LogP contribution in [-0.4, -0.2) is 70.8 Å². The van der Waals surface area contributed by atoms with Crippen LogP contribution in [0.5, 0.6) is 0 Å². The van der Waals surface area contributed by atoms with Crippen LogP contribution in [0.2, 0.25) is 0 Å². The average molecular weight is 403 g/mol. The number of benzene rings is 1. The second-order valence-electron chi connectivity index (χ2n) is 7.78. The lowest BCUT2D eigenvalue weighted by molar-refractivity contribution is 0.0652. The lowest BCUT2D eigenvalue weighted by atomic mass is 10.1. The number of carbonyl (C=O) groups excluding carboxylic acids is 2. The van der Waals surface area contributed by atoms with Crippen molar-refractivity contribution in [3.05, 3.63) is 35.4 Å². The van der Waals surface area contributed by atoms with Gasteiger partial charge >= 0.3 is 0 Å². The molecular weight excluding hydrogens is 372 g/mol. The number of aliphatic imine (C=N–C) groups is 1. The van der Waals surface area contributed by atoms with E-state index in [9.17, 15) is 9.59 Å². The molecule has 1 fully saturated rings. The largest absolute Gasteiger partial charge is 0.357 e. The predicted molar refractivity (Wildman–Crippen MR) is 115 cm³/mol. The van der Waals surface area contributed by atoms with Gasteiger partial charge in [0.1, 0.15) is 0 Å². The fraction of sp³-hybridized carbons (Fsp3) is 0.571. The van der Waals surface area contributed by atoms with Crippen molar-refractivity contribution in [2.45, 2.75) is 38.4 Å². The van der Waals surface area contributed by atoms with Gasteiger partial charge in [0.25, 0.3) is 11.8 Å². The summed E-state index contributed by atoms with van der Waals surface area (Å²) in [4.78, 5) is 33.3. The maximum atomic E-state index is 12.4. The van der Waals surface area contributed by atoms with Crippen LogP contribution in [0, 0.1) is 0 Å². The summed E-state index contributed by atoms with van der Waals surface area (Å²) >= 11 is 2.01. The second kappa shape index (κ2) is 8.99. The van der Waals surface area contributed by atoms with Crippen molar-refractivity contribution in [1.29, 1.82) is 0 Å². The first-order valence-corrected chi connectivity index (χ1v) is 11.0. The van der Waals surface area contributed by atoms with Gasteiger partial charge in [0.2, 0.25) is 0 Å². The van der Waals surface area contributed by atoms with E-state index in [4.69, 9.17) is 4.99 Å². The molecule has 1 aromatic rings. The van der Waals surface area contributed by atoms with Gasteiger partial charge in [-0.25, -0.2) is 0 Å². The lowest BCUT2D eigenvalue weighted by Gasteiger charge is -2.39. The molecule has 1 saturated heterocycles. The molecule has 0 bridgehead atoms. The van der Waals surface area contributed by atoms with E-state index in [0.29, 0.717) is 24.2 Å². The molecule has 0 atom stereocenters. The molecule has 2 heterocycles. The number of guanidine groups is 1. The summed E-state index contributed by atoms with van der Waals surface area (Å²) in [7, 11) is 0. The monoisotopic (exact) mass is 402 g/mol. The molecule has 0 spiro atoms. The van der Waals surface area contributed by atoms with Crippen molar-refractivity contribution in [2.24, 2.45) is 4.99 Å². The van der Waals surface area contributed by atoms with Gasteiger partial charge in [-0.15, -0.1) is 0 Å². The van der Waals surface area contributed by atoms with Crippen molar-refractivity contribution >= 4 is 29.5 Å². The number of fused-ring (bicyclic) bond motifs is 1. The molecule has 0 aromatic heterocycles. The third-order valence-corrected chi connectivity index (χ3v) is 6.29. The summed E-state index contributed by atoms with van der Waals surface area (Å²) in [6, 6.07) is 7.04. The van der Waals surface area contributed by atoms with Crippen LogP contribution >= 0.6 is 11.8 Å². The number of hydrogen-bond acceptors (Lipinski definition) is 4. The normalized spacial score (nSPS) is 19.2. The third kappa shape index (κ3) is 4.69. The van der Waals surface area contributed by atoms with Gasteiger partial charge in [-0.1, -0.05) is 12.1 Å².